The Balaban J connectivity index is 2.13. The topological polar surface area (TPSA) is 12.5 Å². The molecule has 47 valence electrons. The van der Waals surface area contributed by atoms with Crippen LogP contribution in [0, 0.1) is 7.11 Å². The molecule has 0 aromatic rings. The van der Waals surface area contributed by atoms with Crippen molar-refractivity contribution in [2.24, 2.45) is 0 Å². The lowest BCUT2D eigenvalue weighted by Gasteiger charge is -2.22. The molecular formula is C6H12NO. The van der Waals surface area contributed by atoms with E-state index in [0.29, 0.717) is 0 Å². The maximum Gasteiger partial charge on any atom is 0.0939 e. The first kappa shape index (κ1) is 6.05. The summed E-state index contributed by atoms with van der Waals surface area (Å²) in [4.78, 5) is 4.77. The van der Waals surface area contributed by atoms with Gasteiger partial charge in [-0.2, -0.15) is 5.06 Å². The van der Waals surface area contributed by atoms with E-state index < -0.39 is 0 Å². The van der Waals surface area contributed by atoms with Crippen molar-refractivity contribution in [3.63, 3.8) is 0 Å². The second-order valence-electron chi connectivity index (χ2n) is 2.12. The second kappa shape index (κ2) is 3.05. The summed E-state index contributed by atoms with van der Waals surface area (Å²) in [7, 11) is 3.34. The van der Waals surface area contributed by atoms with Crippen molar-refractivity contribution < 1.29 is 4.84 Å². The molecule has 1 aliphatic heterocycles. The quantitative estimate of drug-likeness (QED) is 0.507. The summed E-state index contributed by atoms with van der Waals surface area (Å²) in [5.74, 6) is 0. The molecule has 0 amide bonds. The molecule has 0 aromatic heterocycles. The van der Waals surface area contributed by atoms with Crippen LogP contribution in [0.15, 0.2) is 0 Å². The van der Waals surface area contributed by atoms with E-state index in [2.05, 4.69) is 7.11 Å². The van der Waals surface area contributed by atoms with Crippen molar-refractivity contribution >= 4 is 0 Å². The Labute approximate surface area is 50.4 Å². The molecule has 0 aromatic carbocycles. The van der Waals surface area contributed by atoms with E-state index in [4.69, 9.17) is 4.84 Å². The highest BCUT2D eigenvalue weighted by Gasteiger charge is 2.07. The highest BCUT2D eigenvalue weighted by Crippen LogP contribution is 2.07. The molecule has 1 heterocycles. The Kier molecular flexibility index (Phi) is 2.30. The normalized spacial score (nSPS) is 23.6. The highest BCUT2D eigenvalue weighted by molar-refractivity contribution is 4.55. The highest BCUT2D eigenvalue weighted by atomic mass is 16.7. The van der Waals surface area contributed by atoms with Crippen LogP contribution in [-0.2, 0) is 4.84 Å². The smallest absolute Gasteiger partial charge is 0.0939 e. The summed E-state index contributed by atoms with van der Waals surface area (Å²) in [6.45, 7) is 2.12. The van der Waals surface area contributed by atoms with Crippen molar-refractivity contribution in [3.8, 4) is 0 Å². The zero-order chi connectivity index (χ0) is 5.82. The zero-order valence-corrected chi connectivity index (χ0v) is 5.10. The van der Waals surface area contributed by atoms with Gasteiger partial charge in [0.15, 0.2) is 0 Å². The average Bonchev–Trinajstić information content (AvgIpc) is 1.90. The van der Waals surface area contributed by atoms with Crippen molar-refractivity contribution in [1.82, 2.24) is 5.06 Å². The first-order valence-corrected chi connectivity index (χ1v) is 3.10. The maximum atomic E-state index is 4.77. The Hall–Kier alpha value is -0.0800. The molecule has 0 unspecified atom stereocenters. The molecule has 1 aliphatic rings. The molecule has 1 fully saturated rings. The second-order valence-corrected chi connectivity index (χ2v) is 2.12. The van der Waals surface area contributed by atoms with Crippen LogP contribution in [0.3, 0.4) is 0 Å². The van der Waals surface area contributed by atoms with Crippen LogP contribution in [0.2, 0.25) is 0 Å². The summed E-state index contributed by atoms with van der Waals surface area (Å²) in [5.41, 5.74) is 0. The van der Waals surface area contributed by atoms with Crippen LogP contribution in [0.25, 0.3) is 0 Å². The molecule has 0 saturated carbocycles. The third-order valence-electron chi connectivity index (χ3n) is 1.50. The van der Waals surface area contributed by atoms with E-state index in [-0.39, 0.29) is 0 Å². The van der Waals surface area contributed by atoms with Gasteiger partial charge in [-0.3, -0.25) is 4.84 Å². The number of hydrogen-bond donors (Lipinski definition) is 0. The predicted octanol–water partition coefficient (Wildman–Crippen LogP) is 1.20. The van der Waals surface area contributed by atoms with E-state index in [1.165, 1.54) is 19.3 Å². The van der Waals surface area contributed by atoms with Gasteiger partial charge in [-0.05, 0) is 12.8 Å². The Bertz CT molecular complexity index is 59.5. The van der Waals surface area contributed by atoms with Crippen LogP contribution < -0.4 is 0 Å². The number of hydroxylamine groups is 2. The van der Waals surface area contributed by atoms with Crippen LogP contribution in [-0.4, -0.2) is 18.2 Å². The molecule has 8 heavy (non-hydrogen) atoms. The van der Waals surface area contributed by atoms with Crippen molar-refractivity contribution in [2.45, 2.75) is 19.3 Å². The fraction of sp³-hybridized carbons (Fsp3) is 0.833. The van der Waals surface area contributed by atoms with Gasteiger partial charge < -0.3 is 0 Å². The summed E-state index contributed by atoms with van der Waals surface area (Å²) >= 11 is 0. The van der Waals surface area contributed by atoms with E-state index in [1.54, 1.807) is 0 Å². The molecule has 2 nitrogen and oxygen atoms in total. The first-order chi connectivity index (χ1) is 3.93. The maximum absolute atomic E-state index is 4.77. The number of rotatable bonds is 1. The minimum Gasteiger partial charge on any atom is -0.296 e. The number of nitrogens with zero attached hydrogens (tertiary/aromatic N) is 1. The monoisotopic (exact) mass is 114 g/mol. The third kappa shape index (κ3) is 1.46. The molecular weight excluding hydrogens is 102 g/mol. The van der Waals surface area contributed by atoms with E-state index in [9.17, 15) is 0 Å². The molecule has 1 radical (unpaired) electrons. The molecule has 2 heteroatoms. The average molecular weight is 114 g/mol. The zero-order valence-electron chi connectivity index (χ0n) is 5.10. The molecule has 1 rings (SSSR count). The molecule has 0 bridgehead atoms. The van der Waals surface area contributed by atoms with Crippen molar-refractivity contribution in [1.29, 1.82) is 0 Å². The Morgan fingerprint density at radius 3 is 2.12 bits per heavy atom. The number of hydrogen-bond acceptors (Lipinski definition) is 2. The summed E-state index contributed by atoms with van der Waals surface area (Å²) in [6, 6.07) is 0. The van der Waals surface area contributed by atoms with Crippen molar-refractivity contribution in [2.75, 3.05) is 13.1 Å². The van der Waals surface area contributed by atoms with Crippen LogP contribution in [0.1, 0.15) is 19.3 Å². The van der Waals surface area contributed by atoms with Gasteiger partial charge in [0.25, 0.3) is 0 Å². The summed E-state index contributed by atoms with van der Waals surface area (Å²) in [6.07, 6.45) is 3.87. The summed E-state index contributed by atoms with van der Waals surface area (Å²) < 4.78 is 0. The lowest BCUT2D eigenvalue weighted by atomic mass is 10.2. The SMILES string of the molecule is [CH2]ON1CCCCC1. The van der Waals surface area contributed by atoms with Crippen LogP contribution >= 0.6 is 0 Å². The lowest BCUT2D eigenvalue weighted by molar-refractivity contribution is -0.119. The van der Waals surface area contributed by atoms with Gasteiger partial charge >= 0.3 is 0 Å². The van der Waals surface area contributed by atoms with Gasteiger partial charge in [-0.15, -0.1) is 0 Å². The molecule has 0 aliphatic carbocycles. The fourth-order valence-corrected chi connectivity index (χ4v) is 0.994. The van der Waals surface area contributed by atoms with Crippen LogP contribution in [0.4, 0.5) is 0 Å². The third-order valence-corrected chi connectivity index (χ3v) is 1.50. The largest absolute Gasteiger partial charge is 0.296 e. The van der Waals surface area contributed by atoms with E-state index in [0.717, 1.165) is 13.1 Å². The van der Waals surface area contributed by atoms with Gasteiger partial charge in [-0.25, -0.2) is 0 Å². The van der Waals surface area contributed by atoms with Gasteiger partial charge in [0, 0.05) is 13.1 Å². The van der Waals surface area contributed by atoms with Gasteiger partial charge in [0.1, 0.15) is 0 Å². The minimum absolute atomic E-state index is 1.06. The number of piperidine rings is 1. The fourth-order valence-electron chi connectivity index (χ4n) is 0.994. The molecule has 0 atom stereocenters. The lowest BCUT2D eigenvalue weighted by Crippen LogP contribution is -2.27. The standard InChI is InChI=1S/C6H12NO/c1-8-7-5-3-2-4-6-7/h1-6H2. The minimum atomic E-state index is 1.06. The summed E-state index contributed by atoms with van der Waals surface area (Å²) in [5, 5.41) is 1.91. The Morgan fingerprint density at radius 1 is 1.12 bits per heavy atom. The molecule has 0 spiro atoms. The predicted molar refractivity (Wildman–Crippen MR) is 31.9 cm³/mol. The molecule has 1 saturated heterocycles. The van der Waals surface area contributed by atoms with Gasteiger partial charge in [-0.1, -0.05) is 6.42 Å². The Morgan fingerprint density at radius 2 is 1.75 bits per heavy atom. The van der Waals surface area contributed by atoms with Gasteiger partial charge in [0.2, 0.25) is 0 Å². The molecule has 0 N–H and O–H groups in total. The van der Waals surface area contributed by atoms with Crippen LogP contribution in [0.5, 0.6) is 0 Å². The van der Waals surface area contributed by atoms with E-state index >= 15 is 0 Å². The van der Waals surface area contributed by atoms with Gasteiger partial charge in [0.05, 0.1) is 7.11 Å². The first-order valence-electron chi connectivity index (χ1n) is 3.10. The van der Waals surface area contributed by atoms with Crippen molar-refractivity contribution in [3.05, 3.63) is 7.11 Å². The van der Waals surface area contributed by atoms with E-state index in [1.807, 2.05) is 5.06 Å².